The predicted molar refractivity (Wildman–Crippen MR) is 59.4 cm³/mol. The van der Waals surface area contributed by atoms with E-state index < -0.39 is 28.0 Å². The number of alkyl halides is 5. The number of hydrazone groups is 1. The van der Waals surface area contributed by atoms with Crippen molar-refractivity contribution in [1.82, 2.24) is 4.83 Å². The molecule has 0 radical (unpaired) electrons. The monoisotopic (exact) mass is 317 g/mol. The minimum absolute atomic E-state index is 0.369. The SMILES string of the molecule is N/C(=N\NS(=O)(=O)c1ccccc1)C(F)(F)C(F)(F)F. The Labute approximate surface area is 110 Å². The van der Waals surface area contributed by atoms with Gasteiger partial charge in [-0.05, 0) is 12.1 Å². The van der Waals surface area contributed by atoms with Gasteiger partial charge in [0, 0.05) is 0 Å². The van der Waals surface area contributed by atoms with Gasteiger partial charge in [-0.1, -0.05) is 18.2 Å². The maximum atomic E-state index is 12.7. The number of benzene rings is 1. The molecule has 0 bridgehead atoms. The van der Waals surface area contributed by atoms with Gasteiger partial charge in [0.1, 0.15) is 0 Å². The highest BCUT2D eigenvalue weighted by molar-refractivity contribution is 7.89. The maximum Gasteiger partial charge on any atom is 0.461 e. The van der Waals surface area contributed by atoms with Gasteiger partial charge in [-0.15, -0.1) is 5.10 Å². The van der Waals surface area contributed by atoms with E-state index in [1.165, 1.54) is 23.0 Å². The molecule has 1 aromatic rings. The maximum absolute atomic E-state index is 12.7. The number of amidine groups is 1. The molecule has 20 heavy (non-hydrogen) atoms. The summed E-state index contributed by atoms with van der Waals surface area (Å²) in [6.45, 7) is 0. The Hall–Kier alpha value is -1.91. The molecule has 5 nitrogen and oxygen atoms in total. The minimum Gasteiger partial charge on any atom is -0.380 e. The first-order chi connectivity index (χ1) is 8.98. The number of nitrogens with one attached hydrogen (secondary N) is 1. The summed E-state index contributed by atoms with van der Waals surface area (Å²) in [7, 11) is -4.38. The van der Waals surface area contributed by atoms with Gasteiger partial charge in [0.05, 0.1) is 4.90 Å². The van der Waals surface area contributed by atoms with Crippen molar-refractivity contribution < 1.29 is 30.4 Å². The summed E-state index contributed by atoms with van der Waals surface area (Å²) in [4.78, 5) is 0.840. The number of sulfonamides is 1. The van der Waals surface area contributed by atoms with E-state index >= 15 is 0 Å². The highest BCUT2D eigenvalue weighted by Gasteiger charge is 2.61. The van der Waals surface area contributed by atoms with Crippen molar-refractivity contribution >= 4 is 15.9 Å². The zero-order chi connectivity index (χ0) is 15.6. The molecular weight excluding hydrogens is 309 g/mol. The molecule has 0 aliphatic carbocycles. The molecule has 0 heterocycles. The minimum atomic E-state index is -5.97. The molecule has 0 saturated heterocycles. The van der Waals surface area contributed by atoms with Crippen molar-refractivity contribution in [3.8, 4) is 0 Å². The van der Waals surface area contributed by atoms with Crippen LogP contribution in [0.25, 0.3) is 0 Å². The molecule has 1 rings (SSSR count). The summed E-state index contributed by atoms with van der Waals surface area (Å²) in [6.07, 6.45) is -5.97. The lowest BCUT2D eigenvalue weighted by atomic mass is 10.3. The van der Waals surface area contributed by atoms with Crippen LogP contribution in [0.1, 0.15) is 0 Å². The molecule has 3 N–H and O–H groups in total. The number of halogens is 5. The third-order valence-corrected chi connectivity index (χ3v) is 3.24. The van der Waals surface area contributed by atoms with E-state index in [-0.39, 0.29) is 4.90 Å². The quantitative estimate of drug-likeness (QED) is 0.381. The second kappa shape index (κ2) is 5.23. The topological polar surface area (TPSA) is 84.5 Å². The van der Waals surface area contributed by atoms with Crippen LogP contribution in [-0.4, -0.2) is 26.4 Å². The number of hydrogen-bond acceptors (Lipinski definition) is 3. The van der Waals surface area contributed by atoms with E-state index in [2.05, 4.69) is 10.8 Å². The molecule has 0 aliphatic heterocycles. The fourth-order valence-corrected chi connectivity index (χ4v) is 1.82. The van der Waals surface area contributed by atoms with Crippen LogP contribution in [0.15, 0.2) is 40.3 Å². The Balaban J connectivity index is 2.99. The van der Waals surface area contributed by atoms with Gasteiger partial charge < -0.3 is 5.73 Å². The molecular formula is C9H8F5N3O2S. The van der Waals surface area contributed by atoms with E-state index in [9.17, 15) is 30.4 Å². The van der Waals surface area contributed by atoms with Crippen molar-refractivity contribution in [2.24, 2.45) is 10.8 Å². The van der Waals surface area contributed by atoms with E-state index in [4.69, 9.17) is 0 Å². The van der Waals surface area contributed by atoms with Crippen molar-refractivity contribution in [2.45, 2.75) is 17.0 Å². The summed E-state index contributed by atoms with van der Waals surface area (Å²) >= 11 is 0. The third-order valence-electron chi connectivity index (χ3n) is 2.02. The molecule has 0 aromatic heterocycles. The molecule has 0 saturated carbocycles. The standard InChI is InChI=1S/C9H8F5N3O2S/c10-8(11,9(12,13)14)7(15)16-17-20(18,19)6-4-2-1-3-5-6/h1-5,17H,(H2,15,16). The first-order valence-corrected chi connectivity index (χ1v) is 6.32. The summed E-state index contributed by atoms with van der Waals surface area (Å²) in [5.74, 6) is -7.64. The molecule has 112 valence electrons. The molecule has 0 atom stereocenters. The lowest BCUT2D eigenvalue weighted by Crippen LogP contribution is -2.49. The van der Waals surface area contributed by atoms with Crippen molar-refractivity contribution in [3.63, 3.8) is 0 Å². The normalized spacial score (nSPS) is 14.2. The lowest BCUT2D eigenvalue weighted by molar-refractivity contribution is -0.249. The zero-order valence-electron chi connectivity index (χ0n) is 9.53. The highest BCUT2D eigenvalue weighted by Crippen LogP contribution is 2.35. The molecule has 1 aromatic carbocycles. The van der Waals surface area contributed by atoms with Crippen LogP contribution in [0.2, 0.25) is 0 Å². The fraction of sp³-hybridized carbons (Fsp3) is 0.222. The van der Waals surface area contributed by atoms with E-state index in [1.807, 2.05) is 0 Å². The molecule has 0 unspecified atom stereocenters. The van der Waals surface area contributed by atoms with Crippen molar-refractivity contribution in [1.29, 1.82) is 0 Å². The smallest absolute Gasteiger partial charge is 0.380 e. The number of nitrogens with zero attached hydrogens (tertiary/aromatic N) is 1. The second-order valence-electron chi connectivity index (χ2n) is 3.48. The predicted octanol–water partition coefficient (Wildman–Crippen LogP) is 1.43. The Bertz CT molecular complexity index is 598. The van der Waals surface area contributed by atoms with Crippen LogP contribution in [0.3, 0.4) is 0 Å². The largest absolute Gasteiger partial charge is 0.461 e. The van der Waals surface area contributed by atoms with Crippen LogP contribution in [0, 0.1) is 0 Å². The number of rotatable bonds is 4. The van der Waals surface area contributed by atoms with Gasteiger partial charge in [0.15, 0.2) is 0 Å². The van der Waals surface area contributed by atoms with Crippen LogP contribution in [-0.2, 0) is 10.0 Å². The lowest BCUT2D eigenvalue weighted by Gasteiger charge is -2.18. The number of nitrogens with two attached hydrogens (primary N) is 1. The first-order valence-electron chi connectivity index (χ1n) is 4.83. The van der Waals surface area contributed by atoms with Crippen LogP contribution < -0.4 is 10.6 Å². The third kappa shape index (κ3) is 3.35. The second-order valence-corrected chi connectivity index (χ2v) is 5.14. The zero-order valence-corrected chi connectivity index (χ0v) is 10.3. The van der Waals surface area contributed by atoms with Crippen molar-refractivity contribution in [2.75, 3.05) is 0 Å². The summed E-state index contributed by atoms with van der Waals surface area (Å²) in [5, 5.41) is 2.40. The Morgan fingerprint density at radius 1 is 1.10 bits per heavy atom. The molecule has 0 fully saturated rings. The molecule has 0 amide bonds. The molecule has 11 heteroatoms. The van der Waals surface area contributed by atoms with E-state index in [0.717, 1.165) is 12.1 Å². The van der Waals surface area contributed by atoms with Gasteiger partial charge in [0.2, 0.25) is 5.84 Å². The summed E-state index contributed by atoms with van der Waals surface area (Å²) in [6, 6.07) is 6.32. The summed E-state index contributed by atoms with van der Waals surface area (Å²) in [5.41, 5.74) is 4.48. The molecule has 0 aliphatic rings. The highest BCUT2D eigenvalue weighted by atomic mass is 32.2. The van der Waals surface area contributed by atoms with Gasteiger partial charge >= 0.3 is 12.1 Å². The van der Waals surface area contributed by atoms with Crippen LogP contribution >= 0.6 is 0 Å². The Kier molecular flexibility index (Phi) is 4.22. The van der Waals surface area contributed by atoms with Crippen LogP contribution in [0.5, 0.6) is 0 Å². The first kappa shape index (κ1) is 16.1. The van der Waals surface area contributed by atoms with Crippen molar-refractivity contribution in [3.05, 3.63) is 30.3 Å². The van der Waals surface area contributed by atoms with E-state index in [1.54, 1.807) is 0 Å². The van der Waals surface area contributed by atoms with Gasteiger partial charge in [-0.25, -0.2) is 0 Å². The van der Waals surface area contributed by atoms with Gasteiger partial charge in [-0.3, -0.25) is 0 Å². The van der Waals surface area contributed by atoms with Gasteiger partial charge in [-0.2, -0.15) is 35.2 Å². The van der Waals surface area contributed by atoms with E-state index in [0.29, 0.717) is 0 Å². The van der Waals surface area contributed by atoms with Crippen LogP contribution in [0.4, 0.5) is 22.0 Å². The average Bonchev–Trinajstić information content (AvgIpc) is 2.35. The summed E-state index contributed by atoms with van der Waals surface area (Å²) < 4.78 is 84.2. The Morgan fingerprint density at radius 3 is 2.05 bits per heavy atom. The number of hydrogen-bond donors (Lipinski definition) is 2. The van der Waals surface area contributed by atoms with Gasteiger partial charge in [0.25, 0.3) is 10.0 Å². The Morgan fingerprint density at radius 2 is 1.60 bits per heavy atom. The molecule has 0 spiro atoms. The average molecular weight is 317 g/mol. The fourth-order valence-electron chi connectivity index (χ4n) is 0.977.